The average molecular weight is 335 g/mol. The molecule has 0 N–H and O–H groups in total. The maximum absolute atomic E-state index is 5.82. The Hall–Kier alpha value is -2.85. The second-order valence-corrected chi connectivity index (χ2v) is 5.47. The molecule has 4 nitrogen and oxygen atoms in total. The fourth-order valence-corrected chi connectivity index (χ4v) is 2.29. The highest BCUT2D eigenvalue weighted by molar-refractivity contribution is 5.32. The number of hydrogen-bond acceptors (Lipinski definition) is 4. The molecule has 0 spiro atoms. The van der Waals surface area contributed by atoms with E-state index in [1.807, 2.05) is 72.8 Å². The predicted octanol–water partition coefficient (Wildman–Crippen LogP) is 4.26. The Kier molecular flexibility index (Phi) is 6.42. The summed E-state index contributed by atoms with van der Waals surface area (Å²) < 4.78 is 17.1. The van der Waals surface area contributed by atoms with Gasteiger partial charge < -0.3 is 14.2 Å². The molecular weight excluding hydrogens is 314 g/mol. The minimum absolute atomic E-state index is 0.422. The first-order chi connectivity index (χ1) is 12.4. The van der Waals surface area contributed by atoms with Crippen molar-refractivity contribution in [2.24, 2.45) is 0 Å². The third-order valence-electron chi connectivity index (χ3n) is 3.55. The monoisotopic (exact) mass is 335 g/mol. The summed E-state index contributed by atoms with van der Waals surface area (Å²) >= 11 is 0. The van der Waals surface area contributed by atoms with Gasteiger partial charge >= 0.3 is 0 Å². The van der Waals surface area contributed by atoms with Crippen LogP contribution < -0.4 is 9.47 Å². The molecule has 1 aromatic heterocycles. The number of aromatic nitrogens is 1. The van der Waals surface area contributed by atoms with Crippen LogP contribution in [0, 0.1) is 0 Å². The topological polar surface area (TPSA) is 40.6 Å². The van der Waals surface area contributed by atoms with Crippen LogP contribution in [0.1, 0.15) is 11.1 Å². The largest absolute Gasteiger partial charge is 0.483 e. The van der Waals surface area contributed by atoms with Crippen LogP contribution in [0.5, 0.6) is 11.6 Å². The lowest BCUT2D eigenvalue weighted by Gasteiger charge is -2.11. The quantitative estimate of drug-likeness (QED) is 0.548. The lowest BCUT2D eigenvalue weighted by atomic mass is 10.2. The fraction of sp³-hybridized carbons (Fsp3) is 0.190. The van der Waals surface area contributed by atoms with E-state index in [9.17, 15) is 0 Å². The molecule has 0 amide bonds. The molecule has 0 fully saturated rings. The van der Waals surface area contributed by atoms with Crippen molar-refractivity contribution < 1.29 is 14.2 Å². The summed E-state index contributed by atoms with van der Waals surface area (Å²) in [6, 6.07) is 23.8. The summed E-state index contributed by atoms with van der Waals surface area (Å²) in [7, 11) is 0. The van der Waals surface area contributed by atoms with Crippen molar-refractivity contribution in [3.05, 3.63) is 90.1 Å². The second-order valence-electron chi connectivity index (χ2n) is 5.47. The highest BCUT2D eigenvalue weighted by Crippen LogP contribution is 2.24. The van der Waals surface area contributed by atoms with Gasteiger partial charge in [-0.3, -0.25) is 0 Å². The smallest absolute Gasteiger partial charge is 0.257 e. The highest BCUT2D eigenvalue weighted by atomic mass is 16.5. The predicted molar refractivity (Wildman–Crippen MR) is 96.6 cm³/mol. The van der Waals surface area contributed by atoms with Crippen LogP contribution in [-0.2, 0) is 18.0 Å². The average Bonchev–Trinajstić information content (AvgIpc) is 2.68. The Morgan fingerprint density at radius 2 is 1.32 bits per heavy atom. The summed E-state index contributed by atoms with van der Waals surface area (Å²) in [5, 5.41) is 0. The van der Waals surface area contributed by atoms with Crippen molar-refractivity contribution in [1.82, 2.24) is 4.98 Å². The second kappa shape index (κ2) is 9.45. The number of ether oxygens (including phenoxy) is 3. The standard InChI is InChI=1S/C21H21NO3/c1-3-8-18(9-4-1)16-23-14-15-24-21-20(12-7-13-22-21)25-17-19-10-5-2-6-11-19/h1-13H,14-17H2. The Balaban J connectivity index is 1.44. The Morgan fingerprint density at radius 1 is 0.640 bits per heavy atom. The molecule has 2 aromatic carbocycles. The SMILES string of the molecule is c1ccc(COCCOc2ncccc2OCc2ccccc2)cc1. The first-order valence-electron chi connectivity index (χ1n) is 8.28. The van der Waals surface area contributed by atoms with Crippen molar-refractivity contribution >= 4 is 0 Å². The van der Waals surface area contributed by atoms with Gasteiger partial charge in [0.1, 0.15) is 13.2 Å². The molecular formula is C21H21NO3. The molecule has 0 radical (unpaired) electrons. The van der Waals surface area contributed by atoms with Crippen molar-refractivity contribution in [3.8, 4) is 11.6 Å². The van der Waals surface area contributed by atoms with Crippen LogP contribution in [0.15, 0.2) is 79.0 Å². The zero-order chi connectivity index (χ0) is 17.2. The van der Waals surface area contributed by atoms with Crippen LogP contribution in [0.2, 0.25) is 0 Å². The van der Waals surface area contributed by atoms with Gasteiger partial charge in [-0.2, -0.15) is 0 Å². The van der Waals surface area contributed by atoms with E-state index in [0.717, 1.165) is 11.1 Å². The maximum atomic E-state index is 5.82. The molecule has 1 heterocycles. The van der Waals surface area contributed by atoms with E-state index in [2.05, 4.69) is 4.98 Å². The lowest BCUT2D eigenvalue weighted by Crippen LogP contribution is -2.08. The normalized spacial score (nSPS) is 10.4. The van der Waals surface area contributed by atoms with Crippen molar-refractivity contribution in [2.45, 2.75) is 13.2 Å². The van der Waals surface area contributed by atoms with E-state index >= 15 is 0 Å². The minimum atomic E-state index is 0.422. The molecule has 128 valence electrons. The molecule has 25 heavy (non-hydrogen) atoms. The number of pyridine rings is 1. The molecule has 0 atom stereocenters. The van der Waals surface area contributed by atoms with Crippen LogP contribution in [-0.4, -0.2) is 18.2 Å². The van der Waals surface area contributed by atoms with Gasteiger partial charge in [-0.15, -0.1) is 0 Å². The Morgan fingerprint density at radius 3 is 2.04 bits per heavy atom. The molecule has 0 saturated carbocycles. The van der Waals surface area contributed by atoms with Gasteiger partial charge in [0.05, 0.1) is 13.2 Å². The zero-order valence-electron chi connectivity index (χ0n) is 14.0. The van der Waals surface area contributed by atoms with Crippen molar-refractivity contribution in [1.29, 1.82) is 0 Å². The lowest BCUT2D eigenvalue weighted by molar-refractivity contribution is 0.0859. The molecule has 0 unspecified atom stereocenters. The van der Waals surface area contributed by atoms with Crippen molar-refractivity contribution in [3.63, 3.8) is 0 Å². The third-order valence-corrected chi connectivity index (χ3v) is 3.55. The van der Waals surface area contributed by atoms with Gasteiger partial charge in [0.25, 0.3) is 5.88 Å². The van der Waals surface area contributed by atoms with Gasteiger partial charge in [-0.25, -0.2) is 4.98 Å². The number of benzene rings is 2. The van der Waals surface area contributed by atoms with Crippen LogP contribution in [0.4, 0.5) is 0 Å². The number of hydrogen-bond donors (Lipinski definition) is 0. The minimum Gasteiger partial charge on any atom is -0.483 e. The van der Waals surface area contributed by atoms with Gasteiger partial charge in [-0.1, -0.05) is 60.7 Å². The van der Waals surface area contributed by atoms with E-state index in [1.165, 1.54) is 0 Å². The molecule has 3 rings (SSSR count). The molecule has 3 aromatic rings. The van der Waals surface area contributed by atoms with Gasteiger partial charge in [-0.05, 0) is 23.3 Å². The summed E-state index contributed by atoms with van der Waals surface area (Å²) in [5.41, 5.74) is 2.25. The van der Waals surface area contributed by atoms with E-state index in [-0.39, 0.29) is 0 Å². The van der Waals surface area contributed by atoms with Crippen LogP contribution in [0.25, 0.3) is 0 Å². The highest BCUT2D eigenvalue weighted by Gasteiger charge is 2.06. The van der Waals surface area contributed by atoms with E-state index in [0.29, 0.717) is 38.1 Å². The van der Waals surface area contributed by atoms with Gasteiger partial charge in [0.15, 0.2) is 5.75 Å². The van der Waals surface area contributed by atoms with E-state index in [4.69, 9.17) is 14.2 Å². The number of nitrogens with zero attached hydrogens (tertiary/aromatic N) is 1. The fourth-order valence-electron chi connectivity index (χ4n) is 2.29. The summed E-state index contributed by atoms with van der Waals surface area (Å²) in [4.78, 5) is 4.24. The third kappa shape index (κ3) is 5.62. The molecule has 0 aliphatic rings. The summed E-state index contributed by atoms with van der Waals surface area (Å²) in [6.45, 7) is 1.96. The number of rotatable bonds is 9. The van der Waals surface area contributed by atoms with Crippen LogP contribution in [0.3, 0.4) is 0 Å². The Labute approximate surface area is 148 Å². The van der Waals surface area contributed by atoms with Crippen molar-refractivity contribution in [2.75, 3.05) is 13.2 Å². The summed E-state index contributed by atoms with van der Waals surface area (Å²) in [6.07, 6.45) is 1.69. The molecule has 4 heteroatoms. The maximum Gasteiger partial charge on any atom is 0.257 e. The molecule has 0 bridgehead atoms. The van der Waals surface area contributed by atoms with E-state index < -0.39 is 0 Å². The molecule has 0 aliphatic carbocycles. The molecule has 0 aliphatic heterocycles. The van der Waals surface area contributed by atoms with Crippen LogP contribution >= 0.6 is 0 Å². The van der Waals surface area contributed by atoms with Gasteiger partial charge in [0.2, 0.25) is 0 Å². The van der Waals surface area contributed by atoms with E-state index in [1.54, 1.807) is 6.20 Å². The first-order valence-corrected chi connectivity index (χ1v) is 8.28. The zero-order valence-corrected chi connectivity index (χ0v) is 14.0. The van der Waals surface area contributed by atoms with Gasteiger partial charge in [0, 0.05) is 6.20 Å². The Bertz CT molecular complexity index is 747. The summed E-state index contributed by atoms with van der Waals surface area (Å²) in [5.74, 6) is 1.12. The first kappa shape index (κ1) is 17.0. The molecule has 0 saturated heterocycles.